The molecule has 4 N–H and O–H groups in total. The molecule has 0 unspecified atom stereocenters. The number of nitrogens with two attached hydrogens (primary N) is 1. The molecule has 7 nitrogen and oxygen atoms in total. The summed E-state index contributed by atoms with van der Waals surface area (Å²) in [5.74, 6) is -0.825. The number of rotatable bonds is 10. The van der Waals surface area contributed by atoms with Crippen LogP contribution in [0.2, 0.25) is 0 Å². The third-order valence-electron chi connectivity index (χ3n) is 5.21. The molecule has 0 heterocycles. The third kappa shape index (κ3) is 7.02. The third-order valence-corrected chi connectivity index (χ3v) is 5.21. The minimum atomic E-state index is -0.517. The maximum absolute atomic E-state index is 12.7. The van der Waals surface area contributed by atoms with E-state index in [4.69, 9.17) is 5.73 Å². The summed E-state index contributed by atoms with van der Waals surface area (Å²) in [6.45, 7) is 3.20. The van der Waals surface area contributed by atoms with Crippen LogP contribution in [0.25, 0.3) is 11.1 Å². The average molecular weight is 445 g/mol. The van der Waals surface area contributed by atoms with Gasteiger partial charge in [0.1, 0.15) is 0 Å². The second-order valence-electron chi connectivity index (χ2n) is 7.57. The molecule has 0 spiro atoms. The molecule has 0 radical (unpaired) electrons. The number of likely N-dealkylation sites (N-methyl/N-ethyl adjacent to an activating group) is 1. The summed E-state index contributed by atoms with van der Waals surface area (Å²) in [7, 11) is 0. The zero-order valence-electron chi connectivity index (χ0n) is 18.6. The fourth-order valence-corrected chi connectivity index (χ4v) is 3.40. The molecule has 0 atom stereocenters. The Morgan fingerprint density at radius 2 is 1.48 bits per heavy atom. The lowest BCUT2D eigenvalue weighted by molar-refractivity contribution is -0.119. The van der Waals surface area contributed by atoms with E-state index in [9.17, 15) is 14.4 Å². The number of nitrogens with one attached hydrogen (secondary N) is 2. The Labute approximate surface area is 193 Å². The van der Waals surface area contributed by atoms with E-state index >= 15 is 0 Å². The van der Waals surface area contributed by atoms with Gasteiger partial charge in [-0.2, -0.15) is 0 Å². The van der Waals surface area contributed by atoms with E-state index in [0.29, 0.717) is 24.3 Å². The Hall–Kier alpha value is -3.97. The van der Waals surface area contributed by atoms with Crippen molar-refractivity contribution >= 4 is 29.1 Å². The summed E-state index contributed by atoms with van der Waals surface area (Å²) in [6, 6.07) is 24.0. The normalized spacial score (nSPS) is 10.6. The Bertz CT molecular complexity index is 1100. The van der Waals surface area contributed by atoms with Crippen LogP contribution in [0.3, 0.4) is 0 Å². The van der Waals surface area contributed by atoms with E-state index in [1.54, 1.807) is 24.3 Å². The van der Waals surface area contributed by atoms with Crippen LogP contribution in [0.15, 0.2) is 78.9 Å². The van der Waals surface area contributed by atoms with Crippen molar-refractivity contribution in [1.29, 1.82) is 0 Å². The van der Waals surface area contributed by atoms with E-state index in [-0.39, 0.29) is 24.8 Å². The predicted octanol–water partition coefficient (Wildman–Crippen LogP) is 3.74. The van der Waals surface area contributed by atoms with Crippen LogP contribution in [0.4, 0.5) is 11.4 Å². The van der Waals surface area contributed by atoms with Gasteiger partial charge < -0.3 is 16.4 Å². The largest absolute Gasteiger partial charge is 0.366 e. The van der Waals surface area contributed by atoms with Crippen molar-refractivity contribution in [2.45, 2.75) is 13.3 Å². The highest BCUT2D eigenvalue weighted by Crippen LogP contribution is 2.27. The van der Waals surface area contributed by atoms with E-state index in [0.717, 1.165) is 16.8 Å². The SMILES string of the molecule is CCN(CCC(=O)Nc1ccc(C(N)=O)cc1)CC(=O)Nc1ccccc1-c1ccccc1. The second-order valence-corrected chi connectivity index (χ2v) is 7.57. The molecule has 3 aromatic rings. The number of para-hydroxylation sites is 1. The number of benzene rings is 3. The van der Waals surface area contributed by atoms with Crippen molar-refractivity contribution in [2.24, 2.45) is 5.73 Å². The van der Waals surface area contributed by atoms with Crippen molar-refractivity contribution < 1.29 is 14.4 Å². The molecule has 0 bridgehead atoms. The number of hydrogen-bond acceptors (Lipinski definition) is 4. The fraction of sp³-hybridized carbons (Fsp3) is 0.192. The lowest BCUT2D eigenvalue weighted by atomic mass is 10.0. The summed E-state index contributed by atoms with van der Waals surface area (Å²) < 4.78 is 0. The van der Waals surface area contributed by atoms with Crippen molar-refractivity contribution in [3.05, 3.63) is 84.4 Å². The molecule has 0 saturated carbocycles. The number of primary amides is 1. The van der Waals surface area contributed by atoms with Gasteiger partial charge >= 0.3 is 0 Å². The van der Waals surface area contributed by atoms with Crippen molar-refractivity contribution in [2.75, 3.05) is 30.3 Å². The average Bonchev–Trinajstić information content (AvgIpc) is 2.83. The molecule has 0 aliphatic rings. The number of anilines is 2. The molecule has 3 rings (SSSR count). The summed E-state index contributed by atoms with van der Waals surface area (Å²) in [6.07, 6.45) is 0.235. The standard InChI is InChI=1S/C26H28N4O3/c1-2-30(17-16-24(31)28-21-14-12-20(13-15-21)26(27)33)18-25(32)29-23-11-7-6-10-22(23)19-8-4-3-5-9-19/h3-15H,2,16-18H2,1H3,(H2,27,33)(H,28,31)(H,29,32). The van der Waals surface area contributed by atoms with Crippen LogP contribution in [0.1, 0.15) is 23.7 Å². The van der Waals surface area contributed by atoms with Gasteiger partial charge in [0.15, 0.2) is 0 Å². The highest BCUT2D eigenvalue weighted by molar-refractivity contribution is 5.97. The van der Waals surface area contributed by atoms with Gasteiger partial charge in [0.05, 0.1) is 6.54 Å². The van der Waals surface area contributed by atoms with Gasteiger partial charge in [-0.1, -0.05) is 55.5 Å². The second kappa shape index (κ2) is 11.6. The molecule has 0 aromatic heterocycles. The van der Waals surface area contributed by atoms with Gasteiger partial charge in [-0.25, -0.2) is 0 Å². The molecule has 3 aromatic carbocycles. The fourth-order valence-electron chi connectivity index (χ4n) is 3.40. The summed E-state index contributed by atoms with van der Waals surface area (Å²) in [4.78, 5) is 38.0. The van der Waals surface area contributed by atoms with Crippen LogP contribution in [0, 0.1) is 0 Å². The maximum Gasteiger partial charge on any atom is 0.248 e. The molecule has 0 fully saturated rings. The first-order chi connectivity index (χ1) is 16.0. The first-order valence-corrected chi connectivity index (χ1v) is 10.8. The van der Waals surface area contributed by atoms with Gasteiger partial charge in [-0.05, 0) is 42.4 Å². The topological polar surface area (TPSA) is 105 Å². The van der Waals surface area contributed by atoms with Crippen LogP contribution < -0.4 is 16.4 Å². The van der Waals surface area contributed by atoms with Crippen molar-refractivity contribution in [1.82, 2.24) is 4.90 Å². The molecule has 7 heteroatoms. The van der Waals surface area contributed by atoms with E-state index in [1.165, 1.54) is 0 Å². The zero-order valence-corrected chi connectivity index (χ0v) is 18.6. The highest BCUT2D eigenvalue weighted by atomic mass is 16.2. The van der Waals surface area contributed by atoms with Gasteiger partial charge in [0, 0.05) is 35.5 Å². The molecular weight excluding hydrogens is 416 g/mol. The number of hydrogen-bond donors (Lipinski definition) is 3. The van der Waals surface area contributed by atoms with E-state index in [1.807, 2.05) is 66.4 Å². The van der Waals surface area contributed by atoms with E-state index < -0.39 is 5.91 Å². The van der Waals surface area contributed by atoms with Crippen LogP contribution in [0.5, 0.6) is 0 Å². The Morgan fingerprint density at radius 3 is 2.15 bits per heavy atom. The summed E-state index contributed by atoms with van der Waals surface area (Å²) >= 11 is 0. The van der Waals surface area contributed by atoms with Crippen LogP contribution >= 0.6 is 0 Å². The molecule has 3 amide bonds. The number of carbonyl (C=O) groups is 3. The quantitative estimate of drug-likeness (QED) is 0.443. The first kappa shape index (κ1) is 23.7. The molecule has 33 heavy (non-hydrogen) atoms. The number of nitrogens with zero attached hydrogens (tertiary/aromatic N) is 1. The Morgan fingerprint density at radius 1 is 0.818 bits per heavy atom. The van der Waals surface area contributed by atoms with Gasteiger partial charge in [-0.3, -0.25) is 19.3 Å². The summed E-state index contributed by atoms with van der Waals surface area (Å²) in [5, 5.41) is 5.78. The minimum Gasteiger partial charge on any atom is -0.366 e. The smallest absolute Gasteiger partial charge is 0.248 e. The maximum atomic E-state index is 12.7. The van der Waals surface area contributed by atoms with Crippen molar-refractivity contribution in [3.63, 3.8) is 0 Å². The molecule has 0 saturated heterocycles. The number of amides is 3. The number of carbonyl (C=O) groups excluding carboxylic acids is 3. The molecule has 0 aliphatic carbocycles. The van der Waals surface area contributed by atoms with Gasteiger partial charge in [-0.15, -0.1) is 0 Å². The molecule has 0 aliphatic heterocycles. The van der Waals surface area contributed by atoms with Gasteiger partial charge in [0.2, 0.25) is 17.7 Å². The molecular formula is C26H28N4O3. The minimum absolute atomic E-state index is 0.136. The predicted molar refractivity (Wildman–Crippen MR) is 131 cm³/mol. The summed E-state index contributed by atoms with van der Waals surface area (Å²) in [5.41, 5.74) is 8.92. The Kier molecular flexibility index (Phi) is 8.32. The monoisotopic (exact) mass is 444 g/mol. The van der Waals surface area contributed by atoms with Crippen LogP contribution in [-0.2, 0) is 9.59 Å². The molecule has 170 valence electrons. The lowest BCUT2D eigenvalue weighted by Gasteiger charge is -2.20. The van der Waals surface area contributed by atoms with Gasteiger partial charge in [0.25, 0.3) is 0 Å². The van der Waals surface area contributed by atoms with E-state index in [2.05, 4.69) is 10.6 Å². The highest BCUT2D eigenvalue weighted by Gasteiger charge is 2.13. The zero-order chi connectivity index (χ0) is 23.6. The van der Waals surface area contributed by atoms with Crippen LogP contribution in [-0.4, -0.2) is 42.3 Å². The van der Waals surface area contributed by atoms with Crippen molar-refractivity contribution in [3.8, 4) is 11.1 Å². The first-order valence-electron chi connectivity index (χ1n) is 10.8. The lowest BCUT2D eigenvalue weighted by Crippen LogP contribution is -2.35. The Balaban J connectivity index is 1.52.